The monoisotopic (exact) mass is 385 g/mol. The van der Waals surface area contributed by atoms with E-state index in [-0.39, 0.29) is 13.0 Å². The van der Waals surface area contributed by atoms with Crippen molar-refractivity contribution in [1.29, 1.82) is 0 Å². The molecule has 0 unspecified atom stereocenters. The van der Waals surface area contributed by atoms with E-state index in [9.17, 15) is 18.0 Å². The van der Waals surface area contributed by atoms with Crippen LogP contribution in [0.25, 0.3) is 5.95 Å². The van der Waals surface area contributed by atoms with Crippen LogP contribution in [0.2, 0.25) is 0 Å². The summed E-state index contributed by atoms with van der Waals surface area (Å²) >= 11 is 0. The summed E-state index contributed by atoms with van der Waals surface area (Å²) in [4.78, 5) is 21.6. The van der Waals surface area contributed by atoms with E-state index in [1.807, 2.05) is 19.9 Å². The number of amides is 1. The minimum atomic E-state index is -4.54. The van der Waals surface area contributed by atoms with Gasteiger partial charge >= 0.3 is 6.18 Å². The molecule has 2 heterocycles. The van der Waals surface area contributed by atoms with Crippen LogP contribution < -0.4 is 0 Å². The van der Waals surface area contributed by atoms with Gasteiger partial charge in [0, 0.05) is 29.2 Å². The number of carbonyl (C=O) groups excluding carboxylic acids is 1. The van der Waals surface area contributed by atoms with E-state index in [1.54, 1.807) is 13.8 Å². The fourth-order valence-corrected chi connectivity index (χ4v) is 2.82. The molecule has 0 radical (unpaired) electrons. The van der Waals surface area contributed by atoms with Gasteiger partial charge in [-0.05, 0) is 33.8 Å². The lowest BCUT2D eigenvalue weighted by molar-refractivity contribution is -0.161. The van der Waals surface area contributed by atoms with Crippen molar-refractivity contribution in [2.75, 3.05) is 19.7 Å². The normalized spacial score (nSPS) is 11.7. The van der Waals surface area contributed by atoms with Gasteiger partial charge in [0.2, 0.25) is 5.91 Å². The van der Waals surface area contributed by atoms with Crippen LogP contribution >= 0.6 is 0 Å². The number of carbonyl (C=O) groups is 1. The highest BCUT2D eigenvalue weighted by Crippen LogP contribution is 2.20. The highest BCUT2D eigenvalue weighted by molar-refractivity contribution is 5.79. The topological polar surface area (TPSA) is 84.1 Å². The van der Waals surface area contributed by atoms with Crippen molar-refractivity contribution >= 4 is 5.91 Å². The van der Waals surface area contributed by atoms with E-state index in [2.05, 4.69) is 15.1 Å². The van der Waals surface area contributed by atoms with Crippen molar-refractivity contribution in [3.8, 4) is 5.95 Å². The summed E-state index contributed by atoms with van der Waals surface area (Å²) in [6, 6.07) is 1.81. The van der Waals surface area contributed by atoms with Gasteiger partial charge in [0.25, 0.3) is 5.95 Å². The number of nitrogens with zero attached hydrogens (tertiary/aromatic N) is 5. The first-order valence-electron chi connectivity index (χ1n) is 8.35. The Morgan fingerprint density at radius 1 is 1.19 bits per heavy atom. The molecule has 0 atom stereocenters. The summed E-state index contributed by atoms with van der Waals surface area (Å²) < 4.78 is 39.5. The third kappa shape index (κ3) is 5.25. The molecule has 0 aliphatic carbocycles. The zero-order valence-corrected chi connectivity index (χ0v) is 15.6. The molecular weight excluding hydrogens is 363 g/mol. The molecule has 0 spiro atoms. The molecule has 7 nitrogen and oxygen atoms in total. The van der Waals surface area contributed by atoms with E-state index in [0.29, 0.717) is 27.8 Å². The van der Waals surface area contributed by atoms with Crippen LogP contribution in [0.5, 0.6) is 0 Å². The standard InChI is InChI=1S/C17H22F3N5O2/c1-10-7-11(2)22-16(21-10)25-13(4)14(12(3)23-25)8-15(27)24(5-6-26)9-17(18,19)20/h7,26H,5-6,8-9H2,1-4H3. The maximum atomic E-state index is 12.7. The zero-order chi connectivity index (χ0) is 20.4. The van der Waals surface area contributed by atoms with Crippen molar-refractivity contribution < 1.29 is 23.1 Å². The van der Waals surface area contributed by atoms with Crippen molar-refractivity contribution in [3.63, 3.8) is 0 Å². The first-order valence-corrected chi connectivity index (χ1v) is 8.35. The number of hydrogen-bond acceptors (Lipinski definition) is 5. The SMILES string of the molecule is Cc1cc(C)nc(-n2nc(C)c(CC(=O)N(CCO)CC(F)(F)F)c2C)n1. The van der Waals surface area contributed by atoms with E-state index >= 15 is 0 Å². The van der Waals surface area contributed by atoms with Crippen LogP contribution in [0.1, 0.15) is 28.3 Å². The highest BCUT2D eigenvalue weighted by Gasteiger charge is 2.33. The Bertz CT molecular complexity index is 812. The Morgan fingerprint density at radius 3 is 2.30 bits per heavy atom. The summed E-state index contributed by atoms with van der Waals surface area (Å²) in [6.45, 7) is 4.69. The van der Waals surface area contributed by atoms with Crippen LogP contribution in [0.15, 0.2) is 6.07 Å². The van der Waals surface area contributed by atoms with Crippen LogP contribution in [0, 0.1) is 27.7 Å². The van der Waals surface area contributed by atoms with Crippen LogP contribution in [-0.4, -0.2) is 61.5 Å². The minimum Gasteiger partial charge on any atom is -0.395 e. The lowest BCUT2D eigenvalue weighted by atomic mass is 10.1. The maximum Gasteiger partial charge on any atom is 0.406 e. The van der Waals surface area contributed by atoms with Gasteiger partial charge in [-0.1, -0.05) is 0 Å². The predicted octanol–water partition coefficient (Wildman–Crippen LogP) is 1.82. The Labute approximate surface area is 154 Å². The van der Waals surface area contributed by atoms with Gasteiger partial charge < -0.3 is 10.0 Å². The summed E-state index contributed by atoms with van der Waals surface area (Å²) in [6.07, 6.45) is -4.79. The molecule has 2 aromatic heterocycles. The molecule has 2 aromatic rings. The maximum absolute atomic E-state index is 12.7. The first-order chi connectivity index (χ1) is 12.5. The lowest BCUT2D eigenvalue weighted by Crippen LogP contribution is -2.41. The molecule has 10 heteroatoms. The zero-order valence-electron chi connectivity index (χ0n) is 15.6. The van der Waals surface area contributed by atoms with Gasteiger partial charge in [0.1, 0.15) is 6.54 Å². The van der Waals surface area contributed by atoms with E-state index < -0.39 is 25.2 Å². The number of aliphatic hydroxyl groups excluding tert-OH is 1. The Balaban J connectivity index is 2.31. The molecule has 0 saturated heterocycles. The highest BCUT2D eigenvalue weighted by atomic mass is 19.4. The second-order valence-corrected chi connectivity index (χ2v) is 6.34. The van der Waals surface area contributed by atoms with Gasteiger partial charge in [-0.15, -0.1) is 0 Å². The number of hydrogen-bond donors (Lipinski definition) is 1. The van der Waals surface area contributed by atoms with Crippen molar-refractivity contribution in [2.45, 2.75) is 40.3 Å². The van der Waals surface area contributed by atoms with Gasteiger partial charge in [0.15, 0.2) is 0 Å². The third-order valence-corrected chi connectivity index (χ3v) is 4.02. The molecule has 2 rings (SSSR count). The fraction of sp³-hybridized carbons (Fsp3) is 0.529. The molecule has 0 saturated carbocycles. The van der Waals surface area contributed by atoms with Gasteiger partial charge in [-0.2, -0.15) is 18.3 Å². The van der Waals surface area contributed by atoms with Crippen molar-refractivity contribution in [2.24, 2.45) is 0 Å². The molecule has 1 amide bonds. The molecule has 148 valence electrons. The molecule has 27 heavy (non-hydrogen) atoms. The van der Waals surface area contributed by atoms with Gasteiger partial charge in [-0.25, -0.2) is 14.6 Å². The molecule has 0 aliphatic rings. The van der Waals surface area contributed by atoms with Crippen molar-refractivity contribution in [1.82, 2.24) is 24.6 Å². The number of aromatic nitrogens is 4. The van der Waals surface area contributed by atoms with Gasteiger partial charge in [-0.3, -0.25) is 4.79 Å². The Hall–Kier alpha value is -2.49. The van der Waals surface area contributed by atoms with Crippen LogP contribution in [-0.2, 0) is 11.2 Å². The van der Waals surface area contributed by atoms with E-state index in [4.69, 9.17) is 5.11 Å². The second-order valence-electron chi connectivity index (χ2n) is 6.34. The van der Waals surface area contributed by atoms with E-state index in [1.165, 1.54) is 4.68 Å². The molecular formula is C17H22F3N5O2. The average molecular weight is 385 g/mol. The Morgan fingerprint density at radius 2 is 1.78 bits per heavy atom. The van der Waals surface area contributed by atoms with Crippen molar-refractivity contribution in [3.05, 3.63) is 34.4 Å². The average Bonchev–Trinajstić information content (AvgIpc) is 2.80. The lowest BCUT2D eigenvalue weighted by Gasteiger charge is -2.23. The summed E-state index contributed by atoms with van der Waals surface area (Å²) in [7, 11) is 0. The Kier molecular flexibility index (Phi) is 6.19. The number of aryl methyl sites for hydroxylation is 3. The third-order valence-electron chi connectivity index (χ3n) is 4.02. The first kappa shape index (κ1) is 20.8. The number of rotatable bonds is 6. The number of halogens is 3. The van der Waals surface area contributed by atoms with Crippen LogP contribution in [0.3, 0.4) is 0 Å². The largest absolute Gasteiger partial charge is 0.406 e. The summed E-state index contributed by atoms with van der Waals surface area (Å²) in [5.74, 6) is -0.386. The summed E-state index contributed by atoms with van der Waals surface area (Å²) in [5, 5.41) is 13.3. The molecule has 0 bridgehead atoms. The van der Waals surface area contributed by atoms with E-state index in [0.717, 1.165) is 11.4 Å². The molecule has 0 aromatic carbocycles. The van der Waals surface area contributed by atoms with Crippen LogP contribution in [0.4, 0.5) is 13.2 Å². The predicted molar refractivity (Wildman–Crippen MR) is 91.5 cm³/mol. The number of alkyl halides is 3. The minimum absolute atomic E-state index is 0.251. The molecule has 1 N–H and O–H groups in total. The summed E-state index contributed by atoms with van der Waals surface area (Å²) in [5.41, 5.74) is 3.12. The second kappa shape index (κ2) is 8.03. The van der Waals surface area contributed by atoms with Gasteiger partial charge in [0.05, 0.1) is 18.7 Å². The molecule has 0 aliphatic heterocycles. The number of aliphatic hydroxyl groups is 1. The smallest absolute Gasteiger partial charge is 0.395 e. The molecule has 0 fully saturated rings. The quantitative estimate of drug-likeness (QED) is 0.820. The fourth-order valence-electron chi connectivity index (χ4n) is 2.82.